The second kappa shape index (κ2) is 27.3. The van der Waals surface area contributed by atoms with E-state index in [0.29, 0.717) is 34.5 Å². The standard InChI is InChI=1S/2C22H30O2S.C14H14O2S.C12H10O2S/c1-13-9-17(23)15(21(3,4)5)11-19(13)25-20-12-16(22(6,7)8)18(24)10-14(20)2;1-13-9-15(11-17(19(13)23)21(3,4)5)25-16-10-14(2)20(24)18(12-16)22(6,7)8;1-9-7-11(3-5-13(9)15)17-12-4-6-14(16)10(2)8-12;13-9-1-5-11(6-2-9)15-12-7-3-10(14)4-8-12/h2*9-12,23-24H,1-8H3;3-8,15-16H,1-2H3;1-8,13-14H. The number of rotatable bonds is 8. The van der Waals surface area contributed by atoms with E-state index in [4.69, 9.17) is 10.2 Å². The molecule has 436 valence electrons. The molecule has 0 bridgehead atoms. The number of aryl methyl sites for hydroxylation is 6. The van der Waals surface area contributed by atoms with Gasteiger partial charge >= 0.3 is 0 Å². The first-order valence-corrected chi connectivity index (χ1v) is 30.4. The Labute approximate surface area is 505 Å². The van der Waals surface area contributed by atoms with Crippen molar-refractivity contribution in [3.05, 3.63) is 189 Å². The molecule has 0 atom stereocenters. The van der Waals surface area contributed by atoms with Crippen LogP contribution in [-0.2, 0) is 21.7 Å². The van der Waals surface area contributed by atoms with Gasteiger partial charge in [-0.05, 0) is 230 Å². The van der Waals surface area contributed by atoms with Crippen LogP contribution in [0.3, 0.4) is 0 Å². The van der Waals surface area contributed by atoms with Crippen LogP contribution < -0.4 is 0 Å². The van der Waals surface area contributed by atoms with Crippen molar-refractivity contribution in [2.75, 3.05) is 0 Å². The van der Waals surface area contributed by atoms with Gasteiger partial charge in [0.05, 0.1) is 0 Å². The third-order valence-electron chi connectivity index (χ3n) is 13.3. The molecule has 82 heavy (non-hydrogen) atoms. The topological polar surface area (TPSA) is 162 Å². The van der Waals surface area contributed by atoms with Gasteiger partial charge in [0.15, 0.2) is 0 Å². The van der Waals surface area contributed by atoms with Crippen LogP contribution in [-0.4, -0.2) is 40.9 Å². The number of hydrogen-bond donors (Lipinski definition) is 8. The average molecular weight is 1180 g/mol. The Morgan fingerprint density at radius 1 is 0.244 bits per heavy atom. The molecule has 8 aromatic carbocycles. The highest BCUT2D eigenvalue weighted by Gasteiger charge is 2.25. The Bertz CT molecular complexity index is 3260. The van der Waals surface area contributed by atoms with Gasteiger partial charge in [0.25, 0.3) is 0 Å². The molecule has 0 spiro atoms. The normalized spacial score (nSPS) is 11.6. The minimum absolute atomic E-state index is 0.117. The summed E-state index contributed by atoms with van der Waals surface area (Å²) in [6.07, 6.45) is 0. The number of phenolic OH excluding ortho intramolecular Hbond substituents is 8. The van der Waals surface area contributed by atoms with E-state index in [9.17, 15) is 30.6 Å². The second-order valence-electron chi connectivity index (χ2n) is 24.8. The molecule has 0 radical (unpaired) electrons. The highest BCUT2D eigenvalue weighted by atomic mass is 32.2. The third kappa shape index (κ3) is 18.8. The van der Waals surface area contributed by atoms with Crippen molar-refractivity contribution in [1.82, 2.24) is 0 Å². The van der Waals surface area contributed by atoms with Gasteiger partial charge in [0.2, 0.25) is 0 Å². The van der Waals surface area contributed by atoms with E-state index in [2.05, 4.69) is 107 Å². The first kappa shape index (κ1) is 66.4. The number of aromatic hydroxyl groups is 8. The fourth-order valence-electron chi connectivity index (χ4n) is 8.46. The average Bonchev–Trinajstić information content (AvgIpc) is 3.35. The van der Waals surface area contributed by atoms with E-state index in [1.165, 1.54) is 0 Å². The molecule has 0 unspecified atom stereocenters. The van der Waals surface area contributed by atoms with Crippen molar-refractivity contribution < 1.29 is 40.9 Å². The first-order valence-electron chi connectivity index (χ1n) is 27.2. The highest BCUT2D eigenvalue weighted by molar-refractivity contribution is 8.00. The summed E-state index contributed by atoms with van der Waals surface area (Å²) in [7, 11) is 0. The van der Waals surface area contributed by atoms with Gasteiger partial charge in [0.1, 0.15) is 46.0 Å². The molecule has 0 aliphatic heterocycles. The maximum atomic E-state index is 10.4. The third-order valence-corrected chi connectivity index (χ3v) is 17.6. The predicted octanol–water partition coefficient (Wildman–Crippen LogP) is 20.0. The summed E-state index contributed by atoms with van der Waals surface area (Å²) in [5, 5.41) is 78.6. The van der Waals surface area contributed by atoms with E-state index < -0.39 is 0 Å². The lowest BCUT2D eigenvalue weighted by Crippen LogP contribution is -2.12. The molecular formula is C70H84O8S4. The molecule has 12 heteroatoms. The van der Waals surface area contributed by atoms with E-state index in [0.717, 1.165) is 94.8 Å². The number of phenols is 8. The van der Waals surface area contributed by atoms with Gasteiger partial charge in [-0.15, -0.1) is 0 Å². The summed E-state index contributed by atoms with van der Waals surface area (Å²) >= 11 is 6.56. The summed E-state index contributed by atoms with van der Waals surface area (Å²) in [5.74, 6) is 2.64. The summed E-state index contributed by atoms with van der Waals surface area (Å²) in [6.45, 7) is 37.0. The Kier molecular flexibility index (Phi) is 22.1. The van der Waals surface area contributed by atoms with Gasteiger partial charge in [0, 0.05) is 61.4 Å². The van der Waals surface area contributed by atoms with Crippen LogP contribution in [0.4, 0.5) is 0 Å². The predicted molar refractivity (Wildman–Crippen MR) is 345 cm³/mol. The minimum Gasteiger partial charge on any atom is -0.508 e. The van der Waals surface area contributed by atoms with Crippen LogP contribution in [0.2, 0.25) is 0 Å². The molecule has 0 aromatic heterocycles. The quantitative estimate of drug-likeness (QED) is 0.0728. The number of benzene rings is 8. The molecule has 0 heterocycles. The molecule has 0 fully saturated rings. The highest BCUT2D eigenvalue weighted by Crippen LogP contribution is 2.45. The molecule has 8 aromatic rings. The minimum atomic E-state index is -0.118. The first-order chi connectivity index (χ1) is 37.9. The van der Waals surface area contributed by atoms with E-state index >= 15 is 0 Å². The van der Waals surface area contributed by atoms with Gasteiger partial charge in [-0.3, -0.25) is 0 Å². The Balaban J connectivity index is 0.000000205. The molecule has 0 aliphatic carbocycles. The van der Waals surface area contributed by atoms with Crippen molar-refractivity contribution >= 4 is 47.0 Å². The molecule has 0 aliphatic rings. The zero-order valence-corrected chi connectivity index (χ0v) is 54.2. The second-order valence-corrected chi connectivity index (χ2v) is 29.4. The molecule has 8 nitrogen and oxygen atoms in total. The van der Waals surface area contributed by atoms with Crippen molar-refractivity contribution in [1.29, 1.82) is 0 Å². The van der Waals surface area contributed by atoms with Gasteiger partial charge in [-0.2, -0.15) is 0 Å². The Morgan fingerprint density at radius 2 is 0.524 bits per heavy atom. The molecular weight excluding hydrogens is 1100 g/mol. The maximum absolute atomic E-state index is 10.4. The SMILES string of the molecule is Cc1cc(O)c(C(C)(C)C)cc1Sc1cc(C(C)(C)C)c(O)cc1C.Cc1cc(Sc2cc(C)c(O)c(C(C)(C)C)c2)cc(C(C)(C)C)c1O.Cc1cc(Sc2ccc(O)c(C)c2)ccc1O.Oc1ccc(Sc2ccc(O)cc2)cc1. The molecule has 0 amide bonds. The summed E-state index contributed by atoms with van der Waals surface area (Å²) in [4.78, 5) is 8.73. The van der Waals surface area contributed by atoms with E-state index in [1.54, 1.807) is 83.4 Å². The summed E-state index contributed by atoms with van der Waals surface area (Å²) in [6, 6.07) is 41.2. The van der Waals surface area contributed by atoms with E-state index in [1.807, 2.05) is 114 Å². The number of hydrogen-bond acceptors (Lipinski definition) is 12. The van der Waals surface area contributed by atoms with Gasteiger partial charge in [-0.25, -0.2) is 0 Å². The fraction of sp³-hybridized carbons (Fsp3) is 0.314. The zero-order chi connectivity index (χ0) is 61.4. The van der Waals surface area contributed by atoms with Crippen LogP contribution in [0, 0.1) is 41.5 Å². The van der Waals surface area contributed by atoms with E-state index in [-0.39, 0.29) is 33.2 Å². The van der Waals surface area contributed by atoms with Gasteiger partial charge < -0.3 is 40.9 Å². The monoisotopic (exact) mass is 1180 g/mol. The fourth-order valence-corrected chi connectivity index (χ4v) is 12.4. The van der Waals surface area contributed by atoms with Gasteiger partial charge in [-0.1, -0.05) is 130 Å². The van der Waals surface area contributed by atoms with Crippen molar-refractivity contribution in [3.8, 4) is 46.0 Å². The Hall–Kier alpha value is -6.44. The molecule has 0 saturated heterocycles. The summed E-state index contributed by atoms with van der Waals surface area (Å²) < 4.78 is 0. The van der Waals surface area contributed by atoms with Crippen LogP contribution in [0.1, 0.15) is 139 Å². The van der Waals surface area contributed by atoms with Crippen LogP contribution in [0.15, 0.2) is 173 Å². The lowest BCUT2D eigenvalue weighted by Gasteiger charge is -2.24. The van der Waals surface area contributed by atoms with Crippen molar-refractivity contribution in [3.63, 3.8) is 0 Å². The molecule has 8 rings (SSSR count). The van der Waals surface area contributed by atoms with Crippen LogP contribution in [0.5, 0.6) is 46.0 Å². The molecule has 0 saturated carbocycles. The van der Waals surface area contributed by atoms with Crippen LogP contribution in [0.25, 0.3) is 0 Å². The van der Waals surface area contributed by atoms with Crippen molar-refractivity contribution in [2.24, 2.45) is 0 Å². The summed E-state index contributed by atoms with van der Waals surface area (Å²) in [5.41, 5.74) is 8.98. The Morgan fingerprint density at radius 3 is 0.829 bits per heavy atom. The lowest BCUT2D eigenvalue weighted by atomic mass is 9.85. The zero-order valence-electron chi connectivity index (χ0n) is 50.9. The largest absolute Gasteiger partial charge is 0.508 e. The smallest absolute Gasteiger partial charge is 0.122 e. The van der Waals surface area contributed by atoms with Crippen molar-refractivity contribution in [2.45, 2.75) is 185 Å². The maximum Gasteiger partial charge on any atom is 0.122 e. The van der Waals surface area contributed by atoms with Crippen LogP contribution >= 0.6 is 47.0 Å². The molecule has 8 N–H and O–H groups in total. The lowest BCUT2D eigenvalue weighted by molar-refractivity contribution is 0.441.